The molecule has 0 unspecified atom stereocenters. The Labute approximate surface area is 111 Å². The predicted octanol–water partition coefficient (Wildman–Crippen LogP) is 2.06. The molecule has 5 nitrogen and oxygen atoms in total. The van der Waals surface area contributed by atoms with E-state index in [0.717, 1.165) is 25.7 Å². The smallest absolute Gasteiger partial charge is 0.329 e. The summed E-state index contributed by atoms with van der Waals surface area (Å²) < 4.78 is 5.07. The molecule has 1 saturated carbocycles. The fraction of sp³-hybridized carbons (Fsp3) is 0.429. The van der Waals surface area contributed by atoms with Crippen molar-refractivity contribution in [3.05, 3.63) is 24.3 Å². The molecule has 1 saturated heterocycles. The van der Waals surface area contributed by atoms with E-state index in [0.29, 0.717) is 11.4 Å². The lowest BCUT2D eigenvalue weighted by molar-refractivity contribution is -0.121. The number of nitrogens with zero attached hydrogens (tertiary/aromatic N) is 1. The third kappa shape index (κ3) is 1.77. The molecule has 0 aromatic heterocycles. The molecule has 0 bridgehead atoms. The maximum absolute atomic E-state index is 12.5. The van der Waals surface area contributed by atoms with Gasteiger partial charge in [0.15, 0.2) is 0 Å². The van der Waals surface area contributed by atoms with Crippen molar-refractivity contribution < 1.29 is 14.3 Å². The molecule has 1 spiro atoms. The quantitative estimate of drug-likeness (QED) is 0.828. The highest BCUT2D eigenvalue weighted by molar-refractivity contribution is 6.23. The summed E-state index contributed by atoms with van der Waals surface area (Å²) in [7, 11) is 1.58. The van der Waals surface area contributed by atoms with Gasteiger partial charge in [0.25, 0.3) is 5.91 Å². The second-order valence-electron chi connectivity index (χ2n) is 5.06. The summed E-state index contributed by atoms with van der Waals surface area (Å²) in [6, 6.07) is 6.62. The highest BCUT2D eigenvalue weighted by atomic mass is 16.5. The zero-order valence-corrected chi connectivity index (χ0v) is 10.8. The number of amides is 3. The average Bonchev–Trinajstić information content (AvgIpc) is 2.97. The van der Waals surface area contributed by atoms with Crippen LogP contribution < -0.4 is 15.0 Å². The van der Waals surface area contributed by atoms with Crippen LogP contribution in [0.15, 0.2) is 24.3 Å². The largest absolute Gasteiger partial charge is 0.497 e. The molecule has 0 atom stereocenters. The van der Waals surface area contributed by atoms with E-state index in [4.69, 9.17) is 4.74 Å². The van der Waals surface area contributed by atoms with Crippen LogP contribution in [0.5, 0.6) is 5.75 Å². The summed E-state index contributed by atoms with van der Waals surface area (Å²) in [4.78, 5) is 25.8. The first kappa shape index (κ1) is 12.0. The van der Waals surface area contributed by atoms with Crippen LogP contribution in [0.1, 0.15) is 25.7 Å². The fourth-order valence-corrected chi connectivity index (χ4v) is 2.90. The molecule has 19 heavy (non-hydrogen) atoms. The van der Waals surface area contributed by atoms with Gasteiger partial charge in [0, 0.05) is 0 Å². The summed E-state index contributed by atoms with van der Waals surface area (Å²) in [5, 5.41) is 2.86. The SMILES string of the molecule is COc1ccc(N2C(=O)NC3(CCCC3)C2=O)cc1. The second-order valence-corrected chi connectivity index (χ2v) is 5.06. The van der Waals surface area contributed by atoms with Crippen LogP contribution >= 0.6 is 0 Å². The van der Waals surface area contributed by atoms with Crippen LogP contribution in [-0.2, 0) is 4.79 Å². The van der Waals surface area contributed by atoms with E-state index in [9.17, 15) is 9.59 Å². The molecule has 100 valence electrons. The van der Waals surface area contributed by atoms with Gasteiger partial charge in [-0.2, -0.15) is 0 Å². The first-order valence-electron chi connectivity index (χ1n) is 6.47. The average molecular weight is 260 g/mol. The van der Waals surface area contributed by atoms with Gasteiger partial charge in [-0.15, -0.1) is 0 Å². The zero-order valence-electron chi connectivity index (χ0n) is 10.8. The van der Waals surface area contributed by atoms with Crippen molar-refractivity contribution in [1.29, 1.82) is 0 Å². The van der Waals surface area contributed by atoms with E-state index in [-0.39, 0.29) is 11.9 Å². The molecular weight excluding hydrogens is 244 g/mol. The number of imide groups is 1. The lowest BCUT2D eigenvalue weighted by atomic mass is 9.98. The van der Waals surface area contributed by atoms with Gasteiger partial charge in [-0.05, 0) is 37.1 Å². The third-order valence-corrected chi connectivity index (χ3v) is 3.95. The van der Waals surface area contributed by atoms with Crippen LogP contribution in [-0.4, -0.2) is 24.6 Å². The number of methoxy groups -OCH3 is 1. The summed E-state index contributed by atoms with van der Waals surface area (Å²) in [5.74, 6) is 0.576. The van der Waals surface area contributed by atoms with E-state index in [2.05, 4.69) is 5.32 Å². The maximum Gasteiger partial charge on any atom is 0.329 e. The van der Waals surface area contributed by atoms with Crippen molar-refractivity contribution in [3.8, 4) is 5.75 Å². The molecule has 1 aliphatic heterocycles. The van der Waals surface area contributed by atoms with Gasteiger partial charge in [-0.25, -0.2) is 9.69 Å². The van der Waals surface area contributed by atoms with E-state index >= 15 is 0 Å². The van der Waals surface area contributed by atoms with Crippen LogP contribution in [0.4, 0.5) is 10.5 Å². The van der Waals surface area contributed by atoms with Crippen LogP contribution in [0, 0.1) is 0 Å². The highest BCUT2D eigenvalue weighted by Gasteiger charge is 2.52. The number of nitrogens with one attached hydrogen (secondary N) is 1. The van der Waals surface area contributed by atoms with Gasteiger partial charge in [0.2, 0.25) is 0 Å². The monoisotopic (exact) mass is 260 g/mol. The Morgan fingerprint density at radius 3 is 2.37 bits per heavy atom. The van der Waals surface area contributed by atoms with Crippen molar-refractivity contribution in [2.45, 2.75) is 31.2 Å². The van der Waals surface area contributed by atoms with Gasteiger partial charge < -0.3 is 10.1 Å². The second kappa shape index (κ2) is 4.26. The molecule has 1 aliphatic carbocycles. The van der Waals surface area contributed by atoms with Crippen LogP contribution in [0.2, 0.25) is 0 Å². The number of anilines is 1. The van der Waals surface area contributed by atoms with Crippen molar-refractivity contribution in [2.24, 2.45) is 0 Å². The van der Waals surface area contributed by atoms with E-state index < -0.39 is 5.54 Å². The topological polar surface area (TPSA) is 58.6 Å². The number of carbonyl (C=O) groups is 2. The Morgan fingerprint density at radius 2 is 1.79 bits per heavy atom. The number of hydrogen-bond donors (Lipinski definition) is 1. The minimum absolute atomic E-state index is 0.125. The Hall–Kier alpha value is -2.04. The minimum Gasteiger partial charge on any atom is -0.497 e. The fourth-order valence-electron chi connectivity index (χ4n) is 2.90. The zero-order chi connectivity index (χ0) is 13.5. The van der Waals surface area contributed by atoms with Gasteiger partial charge in [0.05, 0.1) is 12.8 Å². The van der Waals surface area contributed by atoms with Crippen LogP contribution in [0.3, 0.4) is 0 Å². The van der Waals surface area contributed by atoms with Crippen molar-refractivity contribution in [1.82, 2.24) is 5.32 Å². The highest BCUT2D eigenvalue weighted by Crippen LogP contribution is 2.37. The summed E-state index contributed by atoms with van der Waals surface area (Å²) in [6.07, 6.45) is 3.46. The van der Waals surface area contributed by atoms with E-state index in [1.54, 1.807) is 31.4 Å². The molecule has 1 N–H and O–H groups in total. The normalized spacial score (nSPS) is 21.0. The Bertz CT molecular complexity index is 518. The molecular formula is C14H16N2O3. The molecule has 3 rings (SSSR count). The Morgan fingerprint density at radius 1 is 1.16 bits per heavy atom. The van der Waals surface area contributed by atoms with E-state index in [1.165, 1.54) is 4.90 Å². The third-order valence-electron chi connectivity index (χ3n) is 3.95. The number of carbonyl (C=O) groups excluding carboxylic acids is 2. The molecule has 2 aliphatic rings. The number of urea groups is 1. The summed E-state index contributed by atoms with van der Waals surface area (Å²) in [5.41, 5.74) is -0.0659. The number of rotatable bonds is 2. The molecule has 1 heterocycles. The summed E-state index contributed by atoms with van der Waals surface area (Å²) in [6.45, 7) is 0. The lowest BCUT2D eigenvalue weighted by Crippen LogP contribution is -2.44. The Balaban J connectivity index is 1.91. The summed E-state index contributed by atoms with van der Waals surface area (Å²) >= 11 is 0. The predicted molar refractivity (Wildman–Crippen MR) is 70.2 cm³/mol. The van der Waals surface area contributed by atoms with Crippen molar-refractivity contribution in [3.63, 3.8) is 0 Å². The van der Waals surface area contributed by atoms with Crippen molar-refractivity contribution >= 4 is 17.6 Å². The van der Waals surface area contributed by atoms with Gasteiger partial charge >= 0.3 is 6.03 Å². The van der Waals surface area contributed by atoms with Gasteiger partial charge in [0.1, 0.15) is 11.3 Å². The molecule has 0 radical (unpaired) electrons. The minimum atomic E-state index is -0.656. The van der Waals surface area contributed by atoms with Crippen molar-refractivity contribution in [2.75, 3.05) is 12.0 Å². The lowest BCUT2D eigenvalue weighted by Gasteiger charge is -2.20. The molecule has 1 aromatic rings. The van der Waals surface area contributed by atoms with Gasteiger partial charge in [-0.1, -0.05) is 12.8 Å². The molecule has 3 amide bonds. The molecule has 1 aromatic carbocycles. The van der Waals surface area contributed by atoms with Crippen LogP contribution in [0.25, 0.3) is 0 Å². The molecule has 5 heteroatoms. The standard InChI is InChI=1S/C14H16N2O3/c1-19-11-6-4-10(5-7-11)16-12(17)14(15-13(16)18)8-2-3-9-14/h4-7H,2-3,8-9H2,1H3,(H,15,18). The first-order chi connectivity index (χ1) is 9.16. The van der Waals surface area contributed by atoms with E-state index in [1.807, 2.05) is 0 Å². The number of benzene rings is 1. The Kier molecular flexibility index (Phi) is 2.69. The number of hydrogen-bond acceptors (Lipinski definition) is 3. The number of ether oxygens (including phenoxy) is 1. The molecule has 2 fully saturated rings. The first-order valence-corrected chi connectivity index (χ1v) is 6.47. The van der Waals surface area contributed by atoms with Gasteiger partial charge in [-0.3, -0.25) is 4.79 Å². The maximum atomic E-state index is 12.5.